The number of hydrogen-bond acceptors (Lipinski definition) is 22. The van der Waals surface area contributed by atoms with Gasteiger partial charge in [-0.25, -0.2) is 9.78 Å². The summed E-state index contributed by atoms with van der Waals surface area (Å²) in [6.07, 6.45) is 4.17. The van der Waals surface area contributed by atoms with Crippen molar-refractivity contribution in [3.63, 3.8) is 0 Å². The van der Waals surface area contributed by atoms with Gasteiger partial charge in [0.1, 0.15) is 5.78 Å². The number of aliphatic hydroxyl groups is 1. The largest absolute Gasteiger partial charge is 0.447 e. The average molecular weight is 1660 g/mol. The van der Waals surface area contributed by atoms with Crippen LogP contribution in [0.15, 0.2) is 66.2 Å². The van der Waals surface area contributed by atoms with Crippen LogP contribution in [0, 0.1) is 47.3 Å². The second kappa shape index (κ2) is 51.8. The fraction of sp³-hybridized carbons (Fsp3) is 0.674. The minimum absolute atomic E-state index is 0.0129. The van der Waals surface area contributed by atoms with Crippen LogP contribution < -0.4 is 27.0 Å². The van der Waals surface area contributed by atoms with Gasteiger partial charge in [0, 0.05) is 185 Å². The number of primary amides is 1. The number of urea groups is 1. The molecule has 4 heterocycles. The summed E-state index contributed by atoms with van der Waals surface area (Å²) >= 11 is 1.55. The number of esters is 1. The highest BCUT2D eigenvalue weighted by Gasteiger charge is 2.44. The van der Waals surface area contributed by atoms with Crippen molar-refractivity contribution in [3.8, 4) is 0 Å². The number of hydrogen-bond donors (Lipinski definition) is 6. The molecule has 0 spiro atoms. The number of aromatic nitrogens is 1. The standard InChI is InChI=1S/C44H70N4O6S.C41H62N8O12.CH4/c1-12-30(6)42(47(10)44(53)34(28(2)3)25-38(51)41(29(4)5)46(8)9)39(54-11)26-40(52)48-21-16-19-36(48)35(27-49)31(7)37(50)24-33(43-45-20-22-55-43)23-32-17-14-13-15-18-32;1-27(2)37(46-34(53)14-22-59-24-25-60-23-16-43-33(52)13-17-49-35(54)11-12-36(49)55)32(51)26-30(6-5-15-44-41(42)58)39(56)45-31-9-7-29(8-10-31)38(61-28(3)50)40(57)48-20-18-47(4)19-21-48;/h13-15,17-18,20,22,28-31,33-36,39,41-42,49H,12,16,19,21,23-27H2,1-11H3;7-10,27,30,37-38H,5-6,11-26H2,1-4H3,(H,43,52)(H,45,56)(H,46,53)(H3,42,44,58);1H4/t30-,31+,33+,34-,35+,36-,39+,41-,42-;30-,37+,38?;/m01./s1/i;;1T. The number of nitrogens with two attached hydrogens (primary N) is 1. The van der Waals surface area contributed by atoms with E-state index in [1.165, 1.54) is 14.3 Å². The first-order chi connectivity index (χ1) is 56.1. The summed E-state index contributed by atoms with van der Waals surface area (Å²) in [7, 11) is 10.4. The summed E-state index contributed by atoms with van der Waals surface area (Å²) in [4.78, 5) is 183. The highest BCUT2D eigenvalue weighted by Crippen LogP contribution is 2.36. The predicted molar refractivity (Wildman–Crippen MR) is 448 cm³/mol. The summed E-state index contributed by atoms with van der Waals surface area (Å²) in [5.74, 6) is -5.66. The van der Waals surface area contributed by atoms with Crippen LogP contribution in [0.1, 0.15) is 190 Å². The maximum Gasteiger partial charge on any atom is 0.312 e. The predicted octanol–water partition coefficient (Wildman–Crippen LogP) is 7.64. The number of nitrogens with zero attached hydrogens (tertiary/aromatic N) is 7. The number of nitrogens with one attached hydrogen (secondary N) is 4. The van der Waals surface area contributed by atoms with E-state index in [2.05, 4.69) is 57.1 Å². The average Bonchev–Trinajstić information content (AvgIpc) is 1.45. The number of carbonyl (C=O) groups is 13. The summed E-state index contributed by atoms with van der Waals surface area (Å²) in [6, 6.07) is 13.9. The van der Waals surface area contributed by atoms with E-state index < -0.39 is 71.8 Å². The number of ether oxygens (including phenoxy) is 4. The van der Waals surface area contributed by atoms with E-state index in [4.69, 9.17) is 26.1 Å². The number of methoxy groups -OCH3 is 1. The fourth-order valence-corrected chi connectivity index (χ4v) is 16.3. The number of ketones is 3. The third-order valence-electron chi connectivity index (χ3n) is 22.3. The molecule has 31 heteroatoms. The molecule has 10 amide bonds. The Hall–Kier alpha value is -8.46. The van der Waals surface area contributed by atoms with Crippen LogP contribution in [-0.2, 0) is 82.9 Å². The van der Waals surface area contributed by atoms with Gasteiger partial charge in [0.2, 0.25) is 47.5 Å². The van der Waals surface area contributed by atoms with E-state index >= 15 is 0 Å². The van der Waals surface area contributed by atoms with Gasteiger partial charge in [-0.3, -0.25) is 67.3 Å². The zero-order chi connectivity index (χ0) is 87.9. The summed E-state index contributed by atoms with van der Waals surface area (Å²) in [6.45, 7) is 22.6. The van der Waals surface area contributed by atoms with Crippen LogP contribution in [0.25, 0.3) is 0 Å². The zero-order valence-corrected chi connectivity index (χ0v) is 72.9. The second-order valence-corrected chi connectivity index (χ2v) is 33.1. The number of anilines is 1. The molecule has 3 aliphatic heterocycles. The first-order valence-corrected chi connectivity index (χ1v) is 42.0. The topological polar surface area (TPSA) is 386 Å². The Morgan fingerprint density at radius 3 is 1.97 bits per heavy atom. The lowest BCUT2D eigenvalue weighted by Gasteiger charge is -2.41. The van der Waals surface area contributed by atoms with Crippen molar-refractivity contribution in [1.82, 2.24) is 50.3 Å². The number of rotatable bonds is 49. The smallest absolute Gasteiger partial charge is 0.312 e. The number of likely N-dealkylation sites (tertiary alicyclic amines) is 2. The molecule has 3 aromatic rings. The van der Waals surface area contributed by atoms with Crippen molar-refractivity contribution < 1.29 is 87.8 Å². The third-order valence-corrected chi connectivity index (χ3v) is 23.2. The molecular formula is C86H136N12O18S. The second-order valence-electron chi connectivity index (χ2n) is 32.2. The molecule has 6 rings (SSSR count). The van der Waals surface area contributed by atoms with Crippen molar-refractivity contribution in [3.05, 3.63) is 82.3 Å². The molecule has 1 aromatic heterocycles. The van der Waals surface area contributed by atoms with Crippen molar-refractivity contribution in [2.75, 3.05) is 126 Å². The molecule has 3 saturated heterocycles. The number of aliphatic hydroxyl groups excluding tert-OH is 1. The Balaban J connectivity index is 0.000000489. The van der Waals surface area contributed by atoms with Gasteiger partial charge in [0.05, 0.1) is 62.1 Å². The minimum atomic E-state index is -1.16. The Bertz CT molecular complexity index is 3620. The number of carbonyl (C=O) groups excluding carboxylic acids is 13. The number of amides is 10. The Morgan fingerprint density at radius 1 is 0.752 bits per heavy atom. The molecule has 3 fully saturated rings. The quantitative estimate of drug-likeness (QED) is 0.0179. The molecule has 3 aliphatic rings. The first-order valence-electron chi connectivity index (χ1n) is 42.1. The van der Waals surface area contributed by atoms with Gasteiger partial charge in [-0.1, -0.05) is 119 Å². The van der Waals surface area contributed by atoms with Crippen LogP contribution >= 0.6 is 11.3 Å². The SMILES string of the molecule is CC(=O)OC(C(=O)N1CCN(C)CC1)c1ccc(NC(=O)[C@H](CCCNC(N)=O)CC(=O)[C@@H](NC(=O)CCOCCOCCNC(=O)CCN2C(=O)CCC2=O)C(C)C)cc1.CC[C@H](C)[C@@H]([C@@H](CC(=O)N1CCC[C@H]1[C@H](CO)[C@@H](C)C(=O)C[C@@H](Cc1ccccc1)c1nccs1)OC)N(C)C(=O)[C@@H](CC(=O)[C@H](C(C)C)N(C)C)C(C)C.[3H]C. The number of thiazole rings is 1. The van der Waals surface area contributed by atoms with Crippen LogP contribution in [0.3, 0.4) is 0 Å². The number of piperazine rings is 1. The van der Waals surface area contributed by atoms with E-state index in [-0.39, 0.29) is 199 Å². The molecule has 7 N–H and O–H groups in total. The number of benzene rings is 2. The monoisotopic (exact) mass is 1660 g/mol. The van der Waals surface area contributed by atoms with Crippen molar-refractivity contribution in [2.45, 2.75) is 209 Å². The van der Waals surface area contributed by atoms with Gasteiger partial charge in [0.15, 0.2) is 11.6 Å². The maximum atomic E-state index is 14.3. The van der Waals surface area contributed by atoms with Gasteiger partial charge in [-0.05, 0) is 94.6 Å². The molecule has 654 valence electrons. The lowest BCUT2D eigenvalue weighted by Crippen LogP contribution is -2.54. The van der Waals surface area contributed by atoms with Gasteiger partial charge >= 0.3 is 12.0 Å². The van der Waals surface area contributed by atoms with Crippen LogP contribution in [0.2, 0.25) is 0 Å². The lowest BCUT2D eigenvalue weighted by atomic mass is 9.80. The van der Waals surface area contributed by atoms with E-state index in [0.29, 0.717) is 69.7 Å². The van der Waals surface area contributed by atoms with Gasteiger partial charge in [0.25, 0.3) is 5.91 Å². The summed E-state index contributed by atoms with van der Waals surface area (Å²) in [5.41, 5.74) is 7.14. The Labute approximate surface area is 698 Å². The van der Waals surface area contributed by atoms with E-state index in [9.17, 15) is 67.4 Å². The summed E-state index contributed by atoms with van der Waals surface area (Å²) < 4.78 is 28.2. The van der Waals surface area contributed by atoms with Crippen LogP contribution in [0.5, 0.6) is 0 Å². The zero-order valence-electron chi connectivity index (χ0n) is 73.1. The first kappa shape index (κ1) is 99.1. The fourth-order valence-electron chi connectivity index (χ4n) is 15.5. The minimum Gasteiger partial charge on any atom is -0.447 e. The number of imide groups is 1. The molecule has 0 bridgehead atoms. The molecule has 0 saturated carbocycles. The van der Waals surface area contributed by atoms with Gasteiger partial charge in [-0.15, -0.1) is 11.3 Å². The molecule has 30 nitrogen and oxygen atoms in total. The van der Waals surface area contributed by atoms with Crippen molar-refractivity contribution in [2.24, 2.45) is 53.1 Å². The molecular weight excluding hydrogens is 1520 g/mol. The molecule has 0 aliphatic carbocycles. The van der Waals surface area contributed by atoms with Crippen LogP contribution in [0.4, 0.5) is 10.5 Å². The van der Waals surface area contributed by atoms with E-state index in [1.807, 2.05) is 89.1 Å². The third kappa shape index (κ3) is 32.7. The van der Waals surface area contributed by atoms with E-state index in [0.717, 1.165) is 28.3 Å². The van der Waals surface area contributed by atoms with Gasteiger partial charge < -0.3 is 70.7 Å². The highest BCUT2D eigenvalue weighted by molar-refractivity contribution is 7.09. The maximum absolute atomic E-state index is 14.3. The molecule has 0 radical (unpaired) electrons. The number of likely N-dealkylation sites (N-methyl/N-ethyl adjacent to an activating group) is 3. The molecule has 12 atom stereocenters. The summed E-state index contributed by atoms with van der Waals surface area (Å²) in [5, 5.41) is 24.4. The van der Waals surface area contributed by atoms with E-state index in [1.54, 1.807) is 79.6 Å². The molecule has 1 unspecified atom stereocenters. The highest BCUT2D eigenvalue weighted by atomic mass is 32.1. The van der Waals surface area contributed by atoms with Crippen molar-refractivity contribution in [1.29, 1.82) is 0 Å². The van der Waals surface area contributed by atoms with Crippen molar-refractivity contribution >= 4 is 93.6 Å². The van der Waals surface area contributed by atoms with Crippen LogP contribution in [-0.4, -0.2) is 267 Å². The molecule has 117 heavy (non-hydrogen) atoms. The number of Topliss-reactive ketones (excluding diaryl/α,β-unsaturated/α-hetero) is 3. The normalized spacial score (nSPS) is 17.3. The Morgan fingerprint density at radius 2 is 1.40 bits per heavy atom. The molecule has 2 aromatic carbocycles. The lowest BCUT2D eigenvalue weighted by molar-refractivity contribution is -0.160. The Kier molecular flexibility index (Phi) is 43.9. The van der Waals surface area contributed by atoms with Gasteiger partial charge in [-0.2, -0.15) is 0 Å².